The van der Waals surface area contributed by atoms with Gasteiger partial charge in [0.05, 0.1) is 10.5 Å². The molecule has 7 nitrogen and oxygen atoms in total. The van der Waals surface area contributed by atoms with Crippen LogP contribution in [0.2, 0.25) is 0 Å². The van der Waals surface area contributed by atoms with Crippen LogP contribution in [0, 0.1) is 16.0 Å². The van der Waals surface area contributed by atoms with E-state index in [9.17, 15) is 19.7 Å². The van der Waals surface area contributed by atoms with Crippen LogP contribution in [0.3, 0.4) is 0 Å². The number of nitro groups is 1. The van der Waals surface area contributed by atoms with Crippen molar-refractivity contribution in [1.82, 2.24) is 0 Å². The first kappa shape index (κ1) is 17.6. The molecule has 0 spiro atoms. The second-order valence-corrected chi connectivity index (χ2v) is 6.43. The van der Waals surface area contributed by atoms with Gasteiger partial charge in [-0.25, -0.2) is 0 Å². The number of anilines is 1. The molecular formula is C19H18N2O5. The Kier molecular flexibility index (Phi) is 4.71. The summed E-state index contributed by atoms with van der Waals surface area (Å²) in [7, 11) is 0. The van der Waals surface area contributed by atoms with Crippen LogP contribution in [0.1, 0.15) is 37.7 Å². The van der Waals surface area contributed by atoms with Crippen LogP contribution in [-0.2, 0) is 9.59 Å². The first-order chi connectivity index (χ1) is 12.3. The lowest BCUT2D eigenvalue weighted by atomic mass is 10.1. The van der Waals surface area contributed by atoms with Crippen LogP contribution in [0.15, 0.2) is 46.4 Å². The average Bonchev–Trinajstić information content (AvgIpc) is 3.14. The zero-order valence-electron chi connectivity index (χ0n) is 14.4. The number of carbonyl (C=O) groups excluding carboxylic acids is 2. The highest BCUT2D eigenvalue weighted by Gasteiger charge is 2.36. The van der Waals surface area contributed by atoms with E-state index >= 15 is 0 Å². The van der Waals surface area contributed by atoms with Gasteiger partial charge >= 0.3 is 0 Å². The van der Waals surface area contributed by atoms with Gasteiger partial charge in [0.1, 0.15) is 11.5 Å². The molecule has 2 aromatic rings. The average molecular weight is 354 g/mol. The zero-order chi connectivity index (χ0) is 18.8. The number of hydrogen-bond acceptors (Lipinski definition) is 5. The van der Waals surface area contributed by atoms with Gasteiger partial charge in [-0.05, 0) is 49.6 Å². The normalized spacial score (nSPS) is 19.1. The Balaban J connectivity index is 1.76. The standard InChI is InChI=1S/C19H18N2O5/c1-11-9-16(11)18-8-7-15(26-18)10-17(12(2)22)19(23)20-13-3-5-14(6-4-13)21(24)25/h3-8,10-11,16H,9H2,1-2H3,(H,20,23)/b17-10+/t11-,16-/m0/s1. The van der Waals surface area contributed by atoms with E-state index in [1.165, 1.54) is 37.3 Å². The molecule has 1 aliphatic rings. The zero-order valence-corrected chi connectivity index (χ0v) is 14.4. The molecule has 0 radical (unpaired) electrons. The van der Waals surface area contributed by atoms with E-state index in [-0.39, 0.29) is 11.3 Å². The van der Waals surface area contributed by atoms with Crippen molar-refractivity contribution in [2.24, 2.45) is 5.92 Å². The summed E-state index contributed by atoms with van der Waals surface area (Å²) in [5.74, 6) is 1.32. The molecule has 1 fully saturated rings. The molecule has 2 atom stereocenters. The van der Waals surface area contributed by atoms with Gasteiger partial charge in [-0.1, -0.05) is 6.92 Å². The maximum atomic E-state index is 12.4. The monoisotopic (exact) mass is 354 g/mol. The molecule has 1 amide bonds. The van der Waals surface area contributed by atoms with Gasteiger partial charge in [-0.15, -0.1) is 0 Å². The first-order valence-electron chi connectivity index (χ1n) is 8.23. The van der Waals surface area contributed by atoms with Crippen molar-refractivity contribution in [3.05, 3.63) is 63.6 Å². The molecule has 26 heavy (non-hydrogen) atoms. The summed E-state index contributed by atoms with van der Waals surface area (Å²) in [6, 6.07) is 8.99. The third-order valence-corrected chi connectivity index (χ3v) is 4.37. The molecule has 1 aromatic carbocycles. The molecule has 1 saturated carbocycles. The third-order valence-electron chi connectivity index (χ3n) is 4.37. The number of benzene rings is 1. The van der Waals surface area contributed by atoms with Crippen molar-refractivity contribution in [3.8, 4) is 0 Å². The Morgan fingerprint density at radius 1 is 1.23 bits per heavy atom. The Bertz CT molecular complexity index is 895. The predicted octanol–water partition coefficient (Wildman–Crippen LogP) is 3.92. The smallest absolute Gasteiger partial charge is 0.269 e. The van der Waals surface area contributed by atoms with Gasteiger partial charge in [-0.3, -0.25) is 19.7 Å². The number of nitrogens with one attached hydrogen (secondary N) is 1. The van der Waals surface area contributed by atoms with E-state index in [2.05, 4.69) is 12.2 Å². The van der Waals surface area contributed by atoms with Gasteiger partial charge in [0.15, 0.2) is 5.78 Å². The number of hydrogen-bond donors (Lipinski definition) is 1. The predicted molar refractivity (Wildman–Crippen MR) is 95.6 cm³/mol. The molecular weight excluding hydrogens is 336 g/mol. The highest BCUT2D eigenvalue weighted by atomic mass is 16.6. The van der Waals surface area contributed by atoms with Gasteiger partial charge < -0.3 is 9.73 Å². The quantitative estimate of drug-likeness (QED) is 0.278. The summed E-state index contributed by atoms with van der Waals surface area (Å²) in [5.41, 5.74) is 0.232. The lowest BCUT2D eigenvalue weighted by Gasteiger charge is -2.06. The fraction of sp³-hybridized carbons (Fsp3) is 0.263. The number of ketones is 1. The minimum absolute atomic E-state index is 0.0481. The number of nitro benzene ring substituents is 1. The Hall–Kier alpha value is -3.22. The number of Topliss-reactive ketones (excluding diaryl/α,β-unsaturated/α-hetero) is 1. The second-order valence-electron chi connectivity index (χ2n) is 6.43. The van der Waals surface area contributed by atoms with Gasteiger partial charge in [0.25, 0.3) is 11.6 Å². The van der Waals surface area contributed by atoms with Gasteiger partial charge in [-0.2, -0.15) is 0 Å². The topological polar surface area (TPSA) is 102 Å². The lowest BCUT2D eigenvalue weighted by Crippen LogP contribution is -2.18. The van der Waals surface area contributed by atoms with Gasteiger partial charge in [0, 0.05) is 23.7 Å². The van der Waals surface area contributed by atoms with Crippen molar-refractivity contribution >= 4 is 29.1 Å². The Morgan fingerprint density at radius 2 is 1.88 bits per heavy atom. The minimum atomic E-state index is -0.593. The first-order valence-corrected chi connectivity index (χ1v) is 8.23. The fourth-order valence-electron chi connectivity index (χ4n) is 2.70. The third kappa shape index (κ3) is 3.88. The van der Waals surface area contributed by atoms with Crippen LogP contribution in [-0.4, -0.2) is 16.6 Å². The maximum Gasteiger partial charge on any atom is 0.269 e. The van der Waals surface area contributed by atoms with E-state index in [4.69, 9.17) is 4.42 Å². The molecule has 0 saturated heterocycles. The number of rotatable bonds is 6. The highest BCUT2D eigenvalue weighted by Crippen LogP contribution is 2.47. The van der Waals surface area contributed by atoms with Crippen LogP contribution in [0.25, 0.3) is 6.08 Å². The minimum Gasteiger partial charge on any atom is -0.461 e. The van der Waals surface area contributed by atoms with E-state index in [1.807, 2.05) is 6.07 Å². The molecule has 0 bridgehead atoms. The molecule has 1 N–H and O–H groups in total. The Morgan fingerprint density at radius 3 is 2.42 bits per heavy atom. The van der Waals surface area contributed by atoms with Crippen molar-refractivity contribution in [3.63, 3.8) is 0 Å². The van der Waals surface area contributed by atoms with Crippen LogP contribution >= 0.6 is 0 Å². The van der Waals surface area contributed by atoms with E-state index in [0.29, 0.717) is 23.3 Å². The fourth-order valence-corrected chi connectivity index (χ4v) is 2.70. The van der Waals surface area contributed by atoms with E-state index in [0.717, 1.165) is 12.2 Å². The van der Waals surface area contributed by atoms with Crippen molar-refractivity contribution < 1.29 is 18.9 Å². The lowest BCUT2D eigenvalue weighted by molar-refractivity contribution is -0.384. The van der Waals surface area contributed by atoms with Crippen LogP contribution in [0.5, 0.6) is 0 Å². The number of nitrogens with zero attached hydrogens (tertiary/aromatic N) is 1. The van der Waals surface area contributed by atoms with E-state index < -0.39 is 16.6 Å². The summed E-state index contributed by atoms with van der Waals surface area (Å²) in [6.45, 7) is 3.44. The molecule has 1 heterocycles. The summed E-state index contributed by atoms with van der Waals surface area (Å²) in [5, 5.41) is 13.2. The highest BCUT2D eigenvalue weighted by molar-refractivity contribution is 6.25. The van der Waals surface area contributed by atoms with Crippen LogP contribution in [0.4, 0.5) is 11.4 Å². The molecule has 3 rings (SSSR count). The van der Waals surface area contributed by atoms with Gasteiger partial charge in [0.2, 0.25) is 0 Å². The molecule has 134 valence electrons. The molecule has 0 unspecified atom stereocenters. The number of furan rings is 1. The van der Waals surface area contributed by atoms with Crippen LogP contribution < -0.4 is 5.32 Å². The SMILES string of the molecule is CC(=O)/C(=C\c1ccc([C@H]2C[C@@H]2C)o1)C(=O)Nc1ccc([N+](=O)[O-])cc1. The number of carbonyl (C=O) groups is 2. The second kappa shape index (κ2) is 6.95. The summed E-state index contributed by atoms with van der Waals surface area (Å²) >= 11 is 0. The molecule has 1 aliphatic carbocycles. The molecule has 0 aliphatic heterocycles. The number of amides is 1. The van der Waals surface area contributed by atoms with E-state index in [1.54, 1.807) is 6.07 Å². The molecule has 7 heteroatoms. The number of non-ortho nitro benzene ring substituents is 1. The summed E-state index contributed by atoms with van der Waals surface area (Å²) in [4.78, 5) is 34.4. The maximum absolute atomic E-state index is 12.4. The van der Waals surface area contributed by atoms with Crippen molar-refractivity contribution in [1.29, 1.82) is 0 Å². The molecule has 1 aromatic heterocycles. The summed E-state index contributed by atoms with van der Waals surface area (Å²) < 4.78 is 5.72. The van der Waals surface area contributed by atoms with Crippen molar-refractivity contribution in [2.45, 2.75) is 26.2 Å². The largest absolute Gasteiger partial charge is 0.461 e. The summed E-state index contributed by atoms with van der Waals surface area (Å²) in [6.07, 6.45) is 2.50. The Labute approximate surface area is 149 Å². The van der Waals surface area contributed by atoms with Crippen molar-refractivity contribution in [2.75, 3.05) is 5.32 Å².